The minimum Gasteiger partial charge on any atom is -0.316 e. The molecular formula is C18H22ClNS. The van der Waals surface area contributed by atoms with Gasteiger partial charge in [-0.15, -0.1) is 11.8 Å². The minimum absolute atomic E-state index is 0.465. The van der Waals surface area contributed by atoms with E-state index in [1.807, 2.05) is 30.9 Å². The zero-order chi connectivity index (χ0) is 15.2. The van der Waals surface area contributed by atoms with Crippen LogP contribution in [0.3, 0.4) is 0 Å². The molecule has 0 amide bonds. The summed E-state index contributed by atoms with van der Waals surface area (Å²) in [5.74, 6) is 1.05. The van der Waals surface area contributed by atoms with Gasteiger partial charge in [0.1, 0.15) is 0 Å². The van der Waals surface area contributed by atoms with Gasteiger partial charge in [-0.25, -0.2) is 0 Å². The first-order chi connectivity index (χ1) is 10.1. The van der Waals surface area contributed by atoms with Crippen LogP contribution >= 0.6 is 23.4 Å². The lowest BCUT2D eigenvalue weighted by atomic mass is 10.0. The Hall–Kier alpha value is -0.960. The van der Waals surface area contributed by atoms with Crippen LogP contribution in [-0.2, 0) is 6.42 Å². The Labute approximate surface area is 137 Å². The maximum absolute atomic E-state index is 5.92. The van der Waals surface area contributed by atoms with Crippen molar-refractivity contribution in [1.82, 2.24) is 5.32 Å². The third-order valence-corrected chi connectivity index (χ3v) is 4.86. The number of halogens is 1. The summed E-state index contributed by atoms with van der Waals surface area (Å²) in [6.45, 7) is 4.32. The van der Waals surface area contributed by atoms with Crippen LogP contribution in [0.15, 0.2) is 47.4 Å². The summed E-state index contributed by atoms with van der Waals surface area (Å²) in [4.78, 5) is 1.26. The molecule has 2 aromatic carbocycles. The van der Waals surface area contributed by atoms with Crippen molar-refractivity contribution in [2.45, 2.75) is 31.2 Å². The van der Waals surface area contributed by atoms with Crippen molar-refractivity contribution in [1.29, 1.82) is 0 Å². The molecule has 2 rings (SSSR count). The van der Waals surface area contributed by atoms with Crippen LogP contribution in [0.5, 0.6) is 0 Å². The normalized spacial score (nSPS) is 12.4. The molecule has 1 nitrogen and oxygen atoms in total. The summed E-state index contributed by atoms with van der Waals surface area (Å²) >= 11 is 7.79. The van der Waals surface area contributed by atoms with E-state index in [0.717, 1.165) is 17.2 Å². The number of rotatable bonds is 6. The molecule has 1 N–H and O–H groups in total. The first-order valence-electron chi connectivity index (χ1n) is 7.19. The highest BCUT2D eigenvalue weighted by molar-refractivity contribution is 7.99. The second-order valence-corrected chi connectivity index (χ2v) is 6.98. The molecule has 0 saturated heterocycles. The predicted molar refractivity (Wildman–Crippen MR) is 94.6 cm³/mol. The largest absolute Gasteiger partial charge is 0.316 e. The van der Waals surface area contributed by atoms with Gasteiger partial charge in [-0.05, 0) is 57.1 Å². The highest BCUT2D eigenvalue weighted by atomic mass is 35.5. The number of likely N-dealkylation sites (N-methyl/N-ethyl adjacent to an activating group) is 1. The molecule has 2 aromatic rings. The van der Waals surface area contributed by atoms with Gasteiger partial charge in [0.05, 0.1) is 0 Å². The molecule has 0 aliphatic rings. The molecule has 0 radical (unpaired) electrons. The quantitative estimate of drug-likeness (QED) is 0.762. The Morgan fingerprint density at radius 1 is 1.05 bits per heavy atom. The lowest BCUT2D eigenvalue weighted by Crippen LogP contribution is -2.30. The summed E-state index contributed by atoms with van der Waals surface area (Å²) in [6, 6.07) is 15.3. The van der Waals surface area contributed by atoms with Crippen molar-refractivity contribution < 1.29 is 0 Å². The van der Waals surface area contributed by atoms with Crippen LogP contribution < -0.4 is 5.32 Å². The fourth-order valence-corrected chi connectivity index (χ4v) is 3.58. The van der Waals surface area contributed by atoms with E-state index in [4.69, 9.17) is 11.6 Å². The Balaban J connectivity index is 1.95. The van der Waals surface area contributed by atoms with Gasteiger partial charge in [0.2, 0.25) is 0 Å². The molecule has 0 fully saturated rings. The Morgan fingerprint density at radius 3 is 2.24 bits per heavy atom. The molecule has 0 aromatic heterocycles. The second-order valence-electron chi connectivity index (χ2n) is 5.45. The Bertz CT molecular complexity index is 560. The number of hydrogen-bond acceptors (Lipinski definition) is 2. The fraction of sp³-hybridized carbons (Fsp3) is 0.333. The monoisotopic (exact) mass is 319 g/mol. The van der Waals surface area contributed by atoms with Crippen molar-refractivity contribution >= 4 is 23.4 Å². The number of aryl methyl sites for hydroxylation is 2. The summed E-state index contributed by atoms with van der Waals surface area (Å²) in [7, 11) is 2.04. The smallest absolute Gasteiger partial charge is 0.0406 e. The van der Waals surface area contributed by atoms with Crippen molar-refractivity contribution in [3.05, 3.63) is 64.2 Å². The first-order valence-corrected chi connectivity index (χ1v) is 8.56. The van der Waals surface area contributed by atoms with Gasteiger partial charge in [0, 0.05) is 21.7 Å². The standard InChI is InChI=1S/C18H22ClNS/c1-13-8-14(2)10-15(9-13)11-17(20-3)12-21-18-6-4-16(19)5-7-18/h4-10,17,20H,11-12H2,1-3H3. The second kappa shape index (κ2) is 7.88. The van der Waals surface area contributed by atoms with E-state index >= 15 is 0 Å². The van der Waals surface area contributed by atoms with Gasteiger partial charge in [0.25, 0.3) is 0 Å². The van der Waals surface area contributed by atoms with E-state index in [1.165, 1.54) is 21.6 Å². The summed E-state index contributed by atoms with van der Waals surface area (Å²) in [6.07, 6.45) is 1.06. The van der Waals surface area contributed by atoms with Gasteiger partial charge in [0.15, 0.2) is 0 Å². The van der Waals surface area contributed by atoms with E-state index in [0.29, 0.717) is 6.04 Å². The van der Waals surface area contributed by atoms with Crippen LogP contribution in [0.2, 0.25) is 5.02 Å². The molecule has 21 heavy (non-hydrogen) atoms. The van der Waals surface area contributed by atoms with Crippen molar-refractivity contribution in [2.24, 2.45) is 0 Å². The Kier molecular flexibility index (Phi) is 6.16. The molecule has 1 unspecified atom stereocenters. The van der Waals surface area contributed by atoms with Gasteiger partial charge in [-0.3, -0.25) is 0 Å². The van der Waals surface area contributed by atoms with Crippen LogP contribution in [0.1, 0.15) is 16.7 Å². The average Bonchev–Trinajstić information content (AvgIpc) is 2.44. The van der Waals surface area contributed by atoms with Crippen LogP contribution in [0.25, 0.3) is 0 Å². The summed E-state index contributed by atoms with van der Waals surface area (Å²) in [5, 5.41) is 4.22. The number of thioether (sulfide) groups is 1. The molecular weight excluding hydrogens is 298 g/mol. The number of nitrogens with one attached hydrogen (secondary N) is 1. The van der Waals surface area contributed by atoms with E-state index in [-0.39, 0.29) is 0 Å². The third kappa shape index (κ3) is 5.39. The fourth-order valence-electron chi connectivity index (χ4n) is 2.44. The van der Waals surface area contributed by atoms with Crippen molar-refractivity contribution in [2.75, 3.05) is 12.8 Å². The SMILES string of the molecule is CNC(CSc1ccc(Cl)cc1)Cc1cc(C)cc(C)c1. The predicted octanol–water partition coefficient (Wildman–Crippen LogP) is 4.88. The molecule has 112 valence electrons. The van der Waals surface area contributed by atoms with Crippen LogP contribution in [0, 0.1) is 13.8 Å². The maximum Gasteiger partial charge on any atom is 0.0406 e. The van der Waals surface area contributed by atoms with E-state index in [9.17, 15) is 0 Å². The van der Waals surface area contributed by atoms with Gasteiger partial charge in [-0.1, -0.05) is 40.9 Å². The minimum atomic E-state index is 0.465. The van der Waals surface area contributed by atoms with E-state index in [1.54, 1.807) is 0 Å². The zero-order valence-corrected chi connectivity index (χ0v) is 14.4. The molecule has 0 aliphatic carbocycles. The highest BCUT2D eigenvalue weighted by Crippen LogP contribution is 2.22. The number of benzene rings is 2. The topological polar surface area (TPSA) is 12.0 Å². The molecule has 0 bridgehead atoms. The summed E-state index contributed by atoms with van der Waals surface area (Å²) < 4.78 is 0. The van der Waals surface area contributed by atoms with Crippen LogP contribution in [0.4, 0.5) is 0 Å². The lowest BCUT2D eigenvalue weighted by Gasteiger charge is -2.16. The average molecular weight is 320 g/mol. The Morgan fingerprint density at radius 2 is 1.67 bits per heavy atom. The number of hydrogen-bond donors (Lipinski definition) is 1. The highest BCUT2D eigenvalue weighted by Gasteiger charge is 2.09. The molecule has 3 heteroatoms. The van der Waals surface area contributed by atoms with Crippen molar-refractivity contribution in [3.63, 3.8) is 0 Å². The molecule has 0 saturated carbocycles. The third-order valence-electron chi connectivity index (χ3n) is 3.44. The van der Waals surface area contributed by atoms with E-state index in [2.05, 4.69) is 49.5 Å². The molecule has 0 aliphatic heterocycles. The van der Waals surface area contributed by atoms with Gasteiger partial charge >= 0.3 is 0 Å². The first kappa shape index (κ1) is 16.4. The van der Waals surface area contributed by atoms with Gasteiger partial charge < -0.3 is 5.32 Å². The maximum atomic E-state index is 5.92. The van der Waals surface area contributed by atoms with Gasteiger partial charge in [-0.2, -0.15) is 0 Å². The van der Waals surface area contributed by atoms with Crippen molar-refractivity contribution in [3.8, 4) is 0 Å². The molecule has 1 atom stereocenters. The molecule has 0 spiro atoms. The van der Waals surface area contributed by atoms with Crippen LogP contribution in [-0.4, -0.2) is 18.8 Å². The molecule has 0 heterocycles. The summed E-state index contributed by atoms with van der Waals surface area (Å²) in [5.41, 5.74) is 4.08. The lowest BCUT2D eigenvalue weighted by molar-refractivity contribution is 0.617. The van der Waals surface area contributed by atoms with E-state index < -0.39 is 0 Å². The zero-order valence-electron chi connectivity index (χ0n) is 12.8.